The maximum atomic E-state index is 13.3. The minimum atomic E-state index is -0.656. The zero-order chi connectivity index (χ0) is 12.3. The molecule has 0 aliphatic carbocycles. The van der Waals surface area contributed by atoms with Crippen LogP contribution in [0.5, 0.6) is 0 Å². The third-order valence-electron chi connectivity index (χ3n) is 2.31. The highest BCUT2D eigenvalue weighted by molar-refractivity contribution is 5.92. The molecule has 0 heterocycles. The smallest absolute Gasteiger partial charge is 0.228 e. The van der Waals surface area contributed by atoms with Crippen molar-refractivity contribution < 1.29 is 13.6 Å². The lowest BCUT2D eigenvalue weighted by molar-refractivity contribution is -0.119. The monoisotopic (exact) mass is 228 g/mol. The number of hydrogen-bond acceptors (Lipinski definition) is 2. The number of hydrogen-bond donors (Lipinski definition) is 2. The minimum Gasteiger partial charge on any atom is -0.330 e. The minimum absolute atomic E-state index is 0.155. The Morgan fingerprint density at radius 2 is 2.06 bits per heavy atom. The Bertz CT molecular complexity index is 407. The summed E-state index contributed by atoms with van der Waals surface area (Å²) in [5, 5.41) is 2.30. The molecular formula is C11H14F2N2O. The Balaban J connectivity index is 2.90. The van der Waals surface area contributed by atoms with E-state index in [0.717, 1.165) is 12.1 Å². The van der Waals surface area contributed by atoms with E-state index in [1.54, 1.807) is 6.92 Å². The summed E-state index contributed by atoms with van der Waals surface area (Å²) < 4.78 is 26.5. The van der Waals surface area contributed by atoms with E-state index in [1.807, 2.05) is 0 Å². The molecule has 1 aromatic carbocycles. The number of carbonyl (C=O) groups is 1. The Morgan fingerprint density at radius 1 is 1.44 bits per heavy atom. The summed E-state index contributed by atoms with van der Waals surface area (Å²) in [6.07, 6.45) is 0. The fourth-order valence-corrected chi connectivity index (χ4v) is 1.11. The van der Waals surface area contributed by atoms with Crippen LogP contribution in [-0.2, 0) is 4.79 Å². The number of carbonyl (C=O) groups excluding carboxylic acids is 1. The van der Waals surface area contributed by atoms with Crippen LogP contribution in [0, 0.1) is 24.5 Å². The Labute approximate surface area is 92.6 Å². The highest BCUT2D eigenvalue weighted by Crippen LogP contribution is 2.19. The summed E-state index contributed by atoms with van der Waals surface area (Å²) in [5.74, 6) is -2.08. The van der Waals surface area contributed by atoms with Crippen LogP contribution in [0.15, 0.2) is 12.1 Å². The molecule has 0 saturated heterocycles. The summed E-state index contributed by atoms with van der Waals surface area (Å²) in [4.78, 5) is 11.4. The summed E-state index contributed by atoms with van der Waals surface area (Å²) in [6, 6.07) is 2.00. The molecule has 0 bridgehead atoms. The van der Waals surface area contributed by atoms with Gasteiger partial charge in [-0.15, -0.1) is 0 Å². The lowest BCUT2D eigenvalue weighted by atomic mass is 10.1. The van der Waals surface area contributed by atoms with Gasteiger partial charge in [0, 0.05) is 18.5 Å². The van der Waals surface area contributed by atoms with Crippen LogP contribution in [-0.4, -0.2) is 12.5 Å². The van der Waals surface area contributed by atoms with Gasteiger partial charge in [0.25, 0.3) is 0 Å². The first-order valence-electron chi connectivity index (χ1n) is 4.92. The largest absolute Gasteiger partial charge is 0.330 e. The van der Waals surface area contributed by atoms with Crippen molar-refractivity contribution in [3.8, 4) is 0 Å². The number of amides is 1. The van der Waals surface area contributed by atoms with Crippen molar-refractivity contribution in [3.63, 3.8) is 0 Å². The molecule has 5 heteroatoms. The lowest BCUT2D eigenvalue weighted by Crippen LogP contribution is -2.27. The molecule has 0 aromatic heterocycles. The predicted octanol–water partition coefficient (Wildman–Crippen LogP) is 1.81. The molecule has 1 amide bonds. The molecule has 1 aromatic rings. The highest BCUT2D eigenvalue weighted by Gasteiger charge is 2.14. The van der Waals surface area contributed by atoms with Crippen molar-refractivity contribution in [2.24, 2.45) is 11.7 Å². The molecule has 1 unspecified atom stereocenters. The van der Waals surface area contributed by atoms with E-state index in [9.17, 15) is 13.6 Å². The van der Waals surface area contributed by atoms with Gasteiger partial charge in [0.1, 0.15) is 11.6 Å². The van der Waals surface area contributed by atoms with Crippen LogP contribution in [0.25, 0.3) is 0 Å². The molecule has 1 rings (SSSR count). The number of anilines is 1. The van der Waals surface area contributed by atoms with E-state index in [-0.39, 0.29) is 17.8 Å². The van der Waals surface area contributed by atoms with Gasteiger partial charge in [0.2, 0.25) is 5.91 Å². The molecule has 16 heavy (non-hydrogen) atoms. The summed E-state index contributed by atoms with van der Waals surface area (Å²) in [6.45, 7) is 3.21. The highest BCUT2D eigenvalue weighted by atomic mass is 19.1. The Hall–Kier alpha value is -1.49. The Kier molecular flexibility index (Phi) is 3.95. The van der Waals surface area contributed by atoms with E-state index >= 15 is 0 Å². The van der Waals surface area contributed by atoms with Crippen molar-refractivity contribution in [3.05, 3.63) is 29.3 Å². The van der Waals surface area contributed by atoms with Crippen molar-refractivity contribution in [1.29, 1.82) is 0 Å². The molecule has 0 radical (unpaired) electrons. The molecule has 0 fully saturated rings. The van der Waals surface area contributed by atoms with E-state index in [1.165, 1.54) is 6.92 Å². The first-order chi connectivity index (χ1) is 7.45. The summed E-state index contributed by atoms with van der Waals surface area (Å²) in [7, 11) is 0. The molecule has 1 atom stereocenters. The van der Waals surface area contributed by atoms with Crippen LogP contribution >= 0.6 is 0 Å². The van der Waals surface area contributed by atoms with Crippen molar-refractivity contribution in [1.82, 2.24) is 0 Å². The van der Waals surface area contributed by atoms with Gasteiger partial charge < -0.3 is 11.1 Å². The van der Waals surface area contributed by atoms with E-state index in [0.29, 0.717) is 0 Å². The van der Waals surface area contributed by atoms with Crippen LogP contribution in [0.3, 0.4) is 0 Å². The van der Waals surface area contributed by atoms with Gasteiger partial charge in [-0.3, -0.25) is 4.79 Å². The number of rotatable bonds is 3. The van der Waals surface area contributed by atoms with E-state index < -0.39 is 23.5 Å². The second-order valence-electron chi connectivity index (χ2n) is 3.71. The molecule has 88 valence electrons. The van der Waals surface area contributed by atoms with Crippen LogP contribution in [0.1, 0.15) is 12.5 Å². The van der Waals surface area contributed by atoms with Gasteiger partial charge in [-0.2, -0.15) is 0 Å². The maximum Gasteiger partial charge on any atom is 0.228 e. The molecule has 3 nitrogen and oxygen atoms in total. The second-order valence-corrected chi connectivity index (χ2v) is 3.71. The van der Waals surface area contributed by atoms with Gasteiger partial charge in [0.05, 0.1) is 5.69 Å². The fourth-order valence-electron chi connectivity index (χ4n) is 1.11. The molecule has 0 spiro atoms. The SMILES string of the molecule is Cc1cc(F)c(NC(=O)C(C)CN)cc1F. The van der Waals surface area contributed by atoms with E-state index in [4.69, 9.17) is 5.73 Å². The topological polar surface area (TPSA) is 55.1 Å². The summed E-state index contributed by atoms with van der Waals surface area (Å²) in [5.41, 5.74) is 5.33. The van der Waals surface area contributed by atoms with Gasteiger partial charge in [-0.25, -0.2) is 8.78 Å². The average molecular weight is 228 g/mol. The fraction of sp³-hybridized carbons (Fsp3) is 0.364. The van der Waals surface area contributed by atoms with Crippen molar-refractivity contribution in [2.45, 2.75) is 13.8 Å². The quantitative estimate of drug-likeness (QED) is 0.828. The lowest BCUT2D eigenvalue weighted by Gasteiger charge is -2.11. The first-order valence-corrected chi connectivity index (χ1v) is 4.92. The molecule has 0 saturated carbocycles. The first kappa shape index (κ1) is 12.6. The number of halogens is 2. The van der Waals surface area contributed by atoms with Crippen molar-refractivity contribution in [2.75, 3.05) is 11.9 Å². The molecular weight excluding hydrogens is 214 g/mol. The molecule has 0 aliphatic heterocycles. The standard InChI is InChI=1S/C11H14F2N2O/c1-6-3-9(13)10(4-8(6)12)15-11(16)7(2)5-14/h3-4,7H,5,14H2,1-2H3,(H,15,16). The van der Waals surface area contributed by atoms with Crippen LogP contribution in [0.2, 0.25) is 0 Å². The molecule has 3 N–H and O–H groups in total. The van der Waals surface area contributed by atoms with Gasteiger partial charge in [-0.05, 0) is 18.6 Å². The van der Waals surface area contributed by atoms with Crippen LogP contribution < -0.4 is 11.1 Å². The Morgan fingerprint density at radius 3 is 2.62 bits per heavy atom. The van der Waals surface area contributed by atoms with Gasteiger partial charge >= 0.3 is 0 Å². The zero-order valence-corrected chi connectivity index (χ0v) is 9.18. The number of nitrogens with one attached hydrogen (secondary N) is 1. The summed E-state index contributed by atoms with van der Waals surface area (Å²) >= 11 is 0. The average Bonchev–Trinajstić information content (AvgIpc) is 2.24. The van der Waals surface area contributed by atoms with Crippen molar-refractivity contribution >= 4 is 11.6 Å². The predicted molar refractivity (Wildman–Crippen MR) is 57.9 cm³/mol. The van der Waals surface area contributed by atoms with E-state index in [2.05, 4.69) is 5.32 Å². The molecule has 0 aliphatic rings. The van der Waals surface area contributed by atoms with Crippen LogP contribution in [0.4, 0.5) is 14.5 Å². The maximum absolute atomic E-state index is 13.3. The normalized spacial score (nSPS) is 12.3. The number of benzene rings is 1. The second kappa shape index (κ2) is 5.03. The zero-order valence-electron chi connectivity index (χ0n) is 9.18. The van der Waals surface area contributed by atoms with Gasteiger partial charge in [0.15, 0.2) is 0 Å². The number of aryl methyl sites for hydroxylation is 1. The number of nitrogens with two attached hydrogens (primary N) is 1. The third-order valence-corrected chi connectivity index (χ3v) is 2.31. The van der Waals surface area contributed by atoms with Gasteiger partial charge in [-0.1, -0.05) is 6.92 Å². The third kappa shape index (κ3) is 2.76.